The van der Waals surface area contributed by atoms with Gasteiger partial charge in [-0.15, -0.1) is 0 Å². The molecule has 0 aromatic heterocycles. The monoisotopic (exact) mass is 423 g/mol. The average Bonchev–Trinajstić information content (AvgIpc) is 3.60. The number of rotatable bonds is 8. The van der Waals surface area contributed by atoms with Crippen LogP contribution in [0, 0.1) is 10.1 Å². The van der Waals surface area contributed by atoms with E-state index < -0.39 is 4.92 Å². The average molecular weight is 424 g/mol. The van der Waals surface area contributed by atoms with Crippen molar-refractivity contribution in [3.8, 4) is 0 Å². The van der Waals surface area contributed by atoms with Gasteiger partial charge in [0, 0.05) is 56.1 Å². The summed E-state index contributed by atoms with van der Waals surface area (Å²) in [5.74, 6) is -0.357. The molecule has 31 heavy (non-hydrogen) atoms. The number of hydrogen-bond acceptors (Lipinski definition) is 6. The van der Waals surface area contributed by atoms with E-state index >= 15 is 0 Å². The van der Waals surface area contributed by atoms with Crippen molar-refractivity contribution < 1.29 is 9.72 Å². The number of nitro benzene ring substituents is 1. The number of amides is 1. The van der Waals surface area contributed by atoms with Crippen molar-refractivity contribution in [3.63, 3.8) is 0 Å². The van der Waals surface area contributed by atoms with Gasteiger partial charge in [-0.1, -0.05) is 19.1 Å². The van der Waals surface area contributed by atoms with Gasteiger partial charge in [-0.2, -0.15) is 0 Å². The van der Waals surface area contributed by atoms with Crippen LogP contribution in [0.4, 0.5) is 17.1 Å². The molecule has 2 aromatic rings. The molecule has 0 spiro atoms. The number of nitrogens with one attached hydrogen (secondary N) is 2. The fourth-order valence-corrected chi connectivity index (χ4v) is 3.81. The fraction of sp³-hybridized carbons (Fsp3) is 0.435. The van der Waals surface area contributed by atoms with Gasteiger partial charge in [-0.25, -0.2) is 0 Å². The van der Waals surface area contributed by atoms with Gasteiger partial charge in [0.2, 0.25) is 0 Å². The molecule has 2 aliphatic rings. The maximum atomic E-state index is 12.6. The Morgan fingerprint density at radius 2 is 1.74 bits per heavy atom. The zero-order valence-electron chi connectivity index (χ0n) is 17.8. The minimum Gasteiger partial charge on any atom is -0.377 e. The van der Waals surface area contributed by atoms with Gasteiger partial charge in [0.25, 0.3) is 11.6 Å². The molecule has 1 saturated heterocycles. The van der Waals surface area contributed by atoms with E-state index in [0.717, 1.165) is 52.1 Å². The van der Waals surface area contributed by atoms with Gasteiger partial charge in [0.05, 0.1) is 4.92 Å². The maximum Gasteiger partial charge on any atom is 0.293 e. The Labute approximate surface area is 182 Å². The van der Waals surface area contributed by atoms with E-state index in [2.05, 4.69) is 27.4 Å². The first-order chi connectivity index (χ1) is 15.0. The Morgan fingerprint density at radius 3 is 2.35 bits per heavy atom. The summed E-state index contributed by atoms with van der Waals surface area (Å²) >= 11 is 0. The molecule has 2 N–H and O–H groups in total. The molecule has 1 heterocycles. The van der Waals surface area contributed by atoms with Gasteiger partial charge in [0.1, 0.15) is 5.69 Å². The summed E-state index contributed by atoms with van der Waals surface area (Å²) in [6.45, 7) is 8.53. The van der Waals surface area contributed by atoms with Crippen LogP contribution in [0.5, 0.6) is 0 Å². The maximum absolute atomic E-state index is 12.6. The van der Waals surface area contributed by atoms with E-state index in [-0.39, 0.29) is 17.2 Å². The second kappa shape index (κ2) is 9.45. The number of anilines is 2. The van der Waals surface area contributed by atoms with Gasteiger partial charge in [0.15, 0.2) is 0 Å². The largest absolute Gasteiger partial charge is 0.377 e. The summed E-state index contributed by atoms with van der Waals surface area (Å²) < 4.78 is 0. The quantitative estimate of drug-likeness (QED) is 0.498. The first-order valence-electron chi connectivity index (χ1n) is 10.9. The predicted octanol–water partition coefficient (Wildman–Crippen LogP) is 3.56. The van der Waals surface area contributed by atoms with Crippen LogP contribution in [0.15, 0.2) is 42.5 Å². The Kier molecular flexibility index (Phi) is 6.48. The lowest BCUT2D eigenvalue weighted by atomic mass is 10.1. The molecule has 8 heteroatoms. The minimum atomic E-state index is -0.448. The normalized spacial score (nSPS) is 17.3. The van der Waals surface area contributed by atoms with Crippen LogP contribution in [0.3, 0.4) is 0 Å². The second-order valence-corrected chi connectivity index (χ2v) is 8.27. The molecule has 4 rings (SSSR count). The molecule has 0 bridgehead atoms. The lowest BCUT2D eigenvalue weighted by Crippen LogP contribution is -2.45. The second-order valence-electron chi connectivity index (χ2n) is 8.27. The Hall–Kier alpha value is -2.97. The molecular weight excluding hydrogens is 394 g/mol. The van der Waals surface area contributed by atoms with E-state index in [0.29, 0.717) is 17.4 Å². The zero-order valence-corrected chi connectivity index (χ0v) is 17.8. The van der Waals surface area contributed by atoms with Gasteiger partial charge in [-0.05, 0) is 49.2 Å². The third-order valence-electron chi connectivity index (χ3n) is 5.92. The minimum absolute atomic E-state index is 0.0712. The van der Waals surface area contributed by atoms with Crippen molar-refractivity contribution >= 4 is 23.0 Å². The summed E-state index contributed by atoms with van der Waals surface area (Å²) in [4.78, 5) is 28.5. The molecule has 0 radical (unpaired) electrons. The number of hydrogen-bond donors (Lipinski definition) is 2. The fourth-order valence-electron chi connectivity index (χ4n) is 3.81. The van der Waals surface area contributed by atoms with E-state index in [1.807, 2.05) is 24.3 Å². The molecule has 164 valence electrons. The number of nitro groups is 1. The molecule has 1 aliphatic heterocycles. The number of likely N-dealkylation sites (N-methyl/N-ethyl adjacent to an activating group) is 1. The van der Waals surface area contributed by atoms with Crippen molar-refractivity contribution in [3.05, 3.63) is 63.7 Å². The molecule has 0 unspecified atom stereocenters. The SMILES string of the molecule is CCN1CCN(Cc2ccc(NC(=O)c3ccc(NC4CC4)c([N+](=O)[O-])c3)cc2)CC1. The molecule has 1 amide bonds. The molecular formula is C23H29N5O3. The van der Waals surface area contributed by atoms with Gasteiger partial charge in [-0.3, -0.25) is 19.8 Å². The van der Waals surface area contributed by atoms with Crippen LogP contribution in [0.2, 0.25) is 0 Å². The van der Waals surface area contributed by atoms with E-state index in [9.17, 15) is 14.9 Å². The number of carbonyl (C=O) groups is 1. The molecule has 1 aliphatic carbocycles. The number of benzene rings is 2. The first kappa shape index (κ1) is 21.3. The highest BCUT2D eigenvalue weighted by molar-refractivity contribution is 6.05. The van der Waals surface area contributed by atoms with Crippen molar-refractivity contribution in [2.45, 2.75) is 32.4 Å². The topological polar surface area (TPSA) is 90.8 Å². The number of nitrogens with zero attached hydrogens (tertiary/aromatic N) is 3. The van der Waals surface area contributed by atoms with Crippen LogP contribution < -0.4 is 10.6 Å². The van der Waals surface area contributed by atoms with Crippen LogP contribution in [-0.4, -0.2) is 59.4 Å². The summed E-state index contributed by atoms with van der Waals surface area (Å²) in [5.41, 5.74) is 2.54. The van der Waals surface area contributed by atoms with E-state index in [1.54, 1.807) is 12.1 Å². The van der Waals surface area contributed by atoms with Crippen LogP contribution in [0.1, 0.15) is 35.7 Å². The summed E-state index contributed by atoms with van der Waals surface area (Å²) in [7, 11) is 0. The highest BCUT2D eigenvalue weighted by Gasteiger charge is 2.25. The molecule has 2 fully saturated rings. The molecule has 1 saturated carbocycles. The molecule has 0 atom stereocenters. The van der Waals surface area contributed by atoms with E-state index in [1.165, 1.54) is 11.6 Å². The summed E-state index contributed by atoms with van der Waals surface area (Å²) in [5, 5.41) is 17.4. The molecule has 2 aromatic carbocycles. The van der Waals surface area contributed by atoms with Crippen molar-refractivity contribution in [1.29, 1.82) is 0 Å². The lowest BCUT2D eigenvalue weighted by Gasteiger charge is -2.34. The summed E-state index contributed by atoms with van der Waals surface area (Å²) in [6.07, 6.45) is 2.04. The third kappa shape index (κ3) is 5.59. The predicted molar refractivity (Wildman–Crippen MR) is 122 cm³/mol. The van der Waals surface area contributed by atoms with Gasteiger partial charge < -0.3 is 15.5 Å². The van der Waals surface area contributed by atoms with Crippen LogP contribution >= 0.6 is 0 Å². The lowest BCUT2D eigenvalue weighted by molar-refractivity contribution is -0.384. The van der Waals surface area contributed by atoms with Crippen molar-refractivity contribution in [1.82, 2.24) is 9.80 Å². The Morgan fingerprint density at radius 1 is 1.06 bits per heavy atom. The Bertz CT molecular complexity index is 935. The first-order valence-corrected chi connectivity index (χ1v) is 10.9. The van der Waals surface area contributed by atoms with E-state index in [4.69, 9.17) is 0 Å². The standard InChI is InChI=1S/C23H29N5O3/c1-2-26-11-13-27(14-12-26)16-17-3-6-20(7-4-17)25-23(29)18-5-10-21(24-19-8-9-19)22(15-18)28(30)31/h3-7,10,15,19,24H,2,8-9,11-14,16H2,1H3,(H,25,29). The number of piperazine rings is 1. The highest BCUT2D eigenvalue weighted by atomic mass is 16.6. The third-order valence-corrected chi connectivity index (χ3v) is 5.92. The van der Waals surface area contributed by atoms with Gasteiger partial charge >= 0.3 is 0 Å². The zero-order chi connectivity index (χ0) is 21.8. The summed E-state index contributed by atoms with van der Waals surface area (Å²) in [6, 6.07) is 12.7. The van der Waals surface area contributed by atoms with Crippen LogP contribution in [-0.2, 0) is 6.54 Å². The highest BCUT2D eigenvalue weighted by Crippen LogP contribution is 2.31. The van der Waals surface area contributed by atoms with Crippen molar-refractivity contribution in [2.75, 3.05) is 43.4 Å². The molecule has 8 nitrogen and oxygen atoms in total. The van der Waals surface area contributed by atoms with Crippen LogP contribution in [0.25, 0.3) is 0 Å². The smallest absolute Gasteiger partial charge is 0.293 e. The van der Waals surface area contributed by atoms with Crippen molar-refractivity contribution in [2.24, 2.45) is 0 Å². The Balaban J connectivity index is 1.36. The number of carbonyl (C=O) groups excluding carboxylic acids is 1.